The minimum atomic E-state index is 0.0922. The number of halogens is 2. The minimum absolute atomic E-state index is 0.0922. The van der Waals surface area contributed by atoms with Gasteiger partial charge in [-0.25, -0.2) is 0 Å². The number of amides is 1. The maximum atomic E-state index is 12.6. The predicted octanol–water partition coefficient (Wildman–Crippen LogP) is 4.60. The van der Waals surface area contributed by atoms with Crippen LogP contribution in [-0.4, -0.2) is 23.4 Å². The zero-order valence-electron chi connectivity index (χ0n) is 11.9. The third kappa shape index (κ3) is 3.35. The average Bonchev–Trinajstić information content (AvgIpc) is 2.84. The van der Waals surface area contributed by atoms with Gasteiger partial charge in [0, 0.05) is 28.0 Å². The highest BCUT2D eigenvalue weighted by atomic mass is 79.9. The molecular weight excluding hydrogens is 350 g/mol. The molecule has 2 atom stereocenters. The quantitative estimate of drug-likeness (QED) is 0.714. The minimum Gasteiger partial charge on any atom is -0.339 e. The fraction of sp³-hybridized carbons (Fsp3) is 0.471. The summed E-state index contributed by atoms with van der Waals surface area (Å²) in [5, 5.41) is 0.747. The van der Waals surface area contributed by atoms with Crippen LogP contribution in [0.3, 0.4) is 0 Å². The van der Waals surface area contributed by atoms with Crippen molar-refractivity contribution in [3.05, 3.63) is 45.4 Å². The number of hydrogen-bond donors (Lipinski definition) is 0. The molecule has 1 saturated heterocycles. The average molecular weight is 369 g/mol. The lowest BCUT2D eigenvalue weighted by atomic mass is 9.97. The lowest BCUT2D eigenvalue weighted by Gasteiger charge is -2.29. The molecule has 0 aromatic heterocycles. The Bertz CT molecular complexity index is 572. The Morgan fingerprint density at radius 1 is 1.29 bits per heavy atom. The number of rotatable bonds is 3. The van der Waals surface area contributed by atoms with E-state index in [-0.39, 0.29) is 5.92 Å². The molecule has 0 saturated carbocycles. The summed E-state index contributed by atoms with van der Waals surface area (Å²) in [6.45, 7) is 0.899. The Morgan fingerprint density at radius 2 is 2.14 bits per heavy atom. The molecule has 0 radical (unpaired) electrons. The molecule has 2 unspecified atom stereocenters. The first-order chi connectivity index (χ1) is 10.1. The van der Waals surface area contributed by atoms with Gasteiger partial charge in [0.2, 0.25) is 5.91 Å². The fourth-order valence-corrected chi connectivity index (χ4v) is 4.08. The van der Waals surface area contributed by atoms with E-state index in [9.17, 15) is 4.79 Å². The third-order valence-electron chi connectivity index (χ3n) is 4.51. The van der Waals surface area contributed by atoms with E-state index in [0.717, 1.165) is 53.7 Å². The van der Waals surface area contributed by atoms with Crippen molar-refractivity contribution in [2.75, 3.05) is 6.54 Å². The molecule has 1 aliphatic carbocycles. The molecule has 112 valence electrons. The molecule has 4 heteroatoms. The lowest BCUT2D eigenvalue weighted by molar-refractivity contribution is -0.133. The zero-order chi connectivity index (χ0) is 14.8. The summed E-state index contributed by atoms with van der Waals surface area (Å²) in [5.74, 6) is 0.406. The summed E-state index contributed by atoms with van der Waals surface area (Å²) in [7, 11) is 0. The van der Waals surface area contributed by atoms with Gasteiger partial charge >= 0.3 is 0 Å². The Balaban J connectivity index is 1.67. The number of benzene rings is 1. The van der Waals surface area contributed by atoms with Gasteiger partial charge in [0.25, 0.3) is 0 Å². The summed E-state index contributed by atoms with van der Waals surface area (Å²) in [5.41, 5.74) is 1.07. The number of carbonyl (C=O) groups excluding carboxylic acids is 1. The second-order valence-corrected chi connectivity index (χ2v) is 7.22. The molecule has 21 heavy (non-hydrogen) atoms. The van der Waals surface area contributed by atoms with Crippen LogP contribution in [0, 0.1) is 5.92 Å². The van der Waals surface area contributed by atoms with Crippen LogP contribution in [0.5, 0.6) is 0 Å². The van der Waals surface area contributed by atoms with Crippen LogP contribution < -0.4 is 0 Å². The van der Waals surface area contributed by atoms with Gasteiger partial charge in [-0.05, 0) is 49.8 Å². The highest BCUT2D eigenvalue weighted by Crippen LogP contribution is 2.31. The maximum absolute atomic E-state index is 12.6. The first kappa shape index (κ1) is 15.1. The van der Waals surface area contributed by atoms with Crippen LogP contribution >= 0.6 is 27.5 Å². The summed E-state index contributed by atoms with van der Waals surface area (Å²) in [6, 6.07) is 6.32. The first-order valence-electron chi connectivity index (χ1n) is 7.54. The highest BCUT2D eigenvalue weighted by Gasteiger charge is 2.35. The molecule has 0 bridgehead atoms. The van der Waals surface area contributed by atoms with Gasteiger partial charge < -0.3 is 4.90 Å². The third-order valence-corrected chi connectivity index (χ3v) is 5.36. The van der Waals surface area contributed by atoms with E-state index in [4.69, 9.17) is 11.6 Å². The number of hydrogen-bond acceptors (Lipinski definition) is 1. The molecule has 1 heterocycles. The lowest BCUT2D eigenvalue weighted by Crippen LogP contribution is -2.38. The molecule has 3 rings (SSSR count). The van der Waals surface area contributed by atoms with Crippen LogP contribution in [0.1, 0.15) is 31.2 Å². The second-order valence-electron chi connectivity index (χ2n) is 5.90. The largest absolute Gasteiger partial charge is 0.339 e. The van der Waals surface area contributed by atoms with Gasteiger partial charge in [-0.1, -0.05) is 45.7 Å². The number of allylic oxidation sites excluding steroid dienone is 1. The van der Waals surface area contributed by atoms with Crippen molar-refractivity contribution >= 4 is 33.4 Å². The molecular formula is C17H19BrClNO. The fourth-order valence-electron chi connectivity index (χ4n) is 3.33. The van der Waals surface area contributed by atoms with E-state index < -0.39 is 0 Å². The number of nitrogens with zero attached hydrogens (tertiary/aromatic N) is 1. The summed E-state index contributed by atoms with van der Waals surface area (Å²) >= 11 is 9.69. The van der Waals surface area contributed by atoms with Gasteiger partial charge in [-0.15, -0.1) is 0 Å². The van der Waals surface area contributed by atoms with E-state index in [1.807, 2.05) is 18.2 Å². The van der Waals surface area contributed by atoms with Gasteiger partial charge in [0.1, 0.15) is 0 Å². The van der Waals surface area contributed by atoms with E-state index in [2.05, 4.69) is 33.0 Å². The van der Waals surface area contributed by atoms with Crippen molar-refractivity contribution in [3.8, 4) is 0 Å². The van der Waals surface area contributed by atoms with Crippen molar-refractivity contribution in [2.45, 2.75) is 38.1 Å². The Labute approximate surface area is 139 Å². The highest BCUT2D eigenvalue weighted by molar-refractivity contribution is 9.10. The Morgan fingerprint density at radius 3 is 2.86 bits per heavy atom. The van der Waals surface area contributed by atoms with Crippen molar-refractivity contribution in [2.24, 2.45) is 5.92 Å². The SMILES string of the molecule is O=C1C(Cc2ccc(Br)cc2Cl)CCN1C1CC=CCC1. The molecule has 1 aliphatic heterocycles. The van der Waals surface area contributed by atoms with Crippen molar-refractivity contribution in [3.63, 3.8) is 0 Å². The predicted molar refractivity (Wildman–Crippen MR) is 89.5 cm³/mol. The van der Waals surface area contributed by atoms with Crippen LogP contribution in [0.25, 0.3) is 0 Å². The molecule has 1 aromatic rings. The van der Waals surface area contributed by atoms with Gasteiger partial charge in [-0.2, -0.15) is 0 Å². The van der Waals surface area contributed by atoms with Crippen LogP contribution in [0.4, 0.5) is 0 Å². The number of likely N-dealkylation sites (tertiary alicyclic amines) is 1. The van der Waals surface area contributed by atoms with Crippen molar-refractivity contribution in [1.29, 1.82) is 0 Å². The molecule has 1 amide bonds. The monoisotopic (exact) mass is 367 g/mol. The maximum Gasteiger partial charge on any atom is 0.226 e. The second kappa shape index (κ2) is 6.53. The number of carbonyl (C=O) groups is 1. The standard InChI is InChI=1S/C17H19BrClNO/c18-14-7-6-12(16(19)11-14)10-13-8-9-20(17(13)21)15-4-2-1-3-5-15/h1-2,6-7,11,13,15H,3-5,8-10H2. The Kier molecular flexibility index (Phi) is 4.70. The molecule has 1 fully saturated rings. The summed E-state index contributed by atoms with van der Waals surface area (Å²) in [4.78, 5) is 14.7. The molecule has 2 aliphatic rings. The van der Waals surface area contributed by atoms with Gasteiger partial charge in [0.15, 0.2) is 0 Å². The molecule has 0 spiro atoms. The summed E-state index contributed by atoms with van der Waals surface area (Å²) < 4.78 is 0.976. The van der Waals surface area contributed by atoms with Crippen molar-refractivity contribution in [1.82, 2.24) is 4.90 Å². The van der Waals surface area contributed by atoms with E-state index >= 15 is 0 Å². The van der Waals surface area contributed by atoms with Crippen LogP contribution in [-0.2, 0) is 11.2 Å². The van der Waals surface area contributed by atoms with Crippen molar-refractivity contribution < 1.29 is 4.79 Å². The van der Waals surface area contributed by atoms with Crippen LogP contribution in [0.2, 0.25) is 5.02 Å². The smallest absolute Gasteiger partial charge is 0.226 e. The van der Waals surface area contributed by atoms with E-state index in [0.29, 0.717) is 11.9 Å². The van der Waals surface area contributed by atoms with Crippen LogP contribution in [0.15, 0.2) is 34.8 Å². The Hall–Kier alpha value is -0.800. The summed E-state index contributed by atoms with van der Waals surface area (Å²) in [6.07, 6.45) is 9.34. The van der Waals surface area contributed by atoms with E-state index in [1.54, 1.807) is 0 Å². The molecule has 2 nitrogen and oxygen atoms in total. The van der Waals surface area contributed by atoms with Gasteiger partial charge in [-0.3, -0.25) is 4.79 Å². The first-order valence-corrected chi connectivity index (χ1v) is 8.71. The zero-order valence-corrected chi connectivity index (χ0v) is 14.2. The normalized spacial score (nSPS) is 25.6. The topological polar surface area (TPSA) is 20.3 Å². The van der Waals surface area contributed by atoms with Gasteiger partial charge in [0.05, 0.1) is 0 Å². The molecule has 1 aromatic carbocycles. The molecule has 0 N–H and O–H groups in total. The van der Waals surface area contributed by atoms with E-state index in [1.165, 1.54) is 0 Å².